The summed E-state index contributed by atoms with van der Waals surface area (Å²) in [6.45, 7) is 0.474. The van der Waals surface area contributed by atoms with E-state index >= 15 is 0 Å². The summed E-state index contributed by atoms with van der Waals surface area (Å²) in [5, 5.41) is 12.7. The average Bonchev–Trinajstić information content (AvgIpc) is 2.79. The minimum atomic E-state index is -4.95. The van der Waals surface area contributed by atoms with Gasteiger partial charge in [0.2, 0.25) is 0 Å². The molecule has 0 saturated carbocycles. The van der Waals surface area contributed by atoms with Crippen LogP contribution in [0.2, 0.25) is 0 Å². The van der Waals surface area contributed by atoms with Gasteiger partial charge in [-0.15, -0.1) is 13.2 Å². The van der Waals surface area contributed by atoms with Crippen LogP contribution in [0, 0.1) is 0 Å². The molecule has 1 aliphatic rings. The quantitative estimate of drug-likeness (QED) is 0.475. The van der Waals surface area contributed by atoms with Crippen LogP contribution in [0.1, 0.15) is 20.8 Å². The molecule has 182 valence electrons. The van der Waals surface area contributed by atoms with Gasteiger partial charge in [-0.2, -0.15) is 0 Å². The summed E-state index contributed by atoms with van der Waals surface area (Å²) in [6, 6.07) is 8.05. The molecular weight excluding hydrogens is 475 g/mol. The van der Waals surface area contributed by atoms with Crippen LogP contribution in [0.3, 0.4) is 0 Å². The van der Waals surface area contributed by atoms with Crippen LogP contribution in [-0.4, -0.2) is 41.5 Å². The Hall–Kier alpha value is -4.68. The second-order valence-electron chi connectivity index (χ2n) is 7.02. The lowest BCUT2D eigenvalue weighted by Gasteiger charge is -2.21. The Bertz CT molecular complexity index is 1300. The lowest BCUT2D eigenvalue weighted by molar-refractivity contribution is -0.274. The molecule has 1 aliphatic heterocycles. The molecule has 0 fully saturated rings. The number of ether oxygens (including phenoxy) is 4. The number of amides is 2. The summed E-state index contributed by atoms with van der Waals surface area (Å²) in [7, 11) is 0. The number of phenolic OH excluding ortho intramolecular Hbond substituents is 1. The maximum atomic E-state index is 13.1. The number of nitrogens with zero attached hydrogens (tertiary/aromatic N) is 1. The van der Waals surface area contributed by atoms with Crippen molar-refractivity contribution >= 4 is 17.5 Å². The lowest BCUT2D eigenvalue weighted by atomic mass is 10.1. The standard InChI is InChI=1S/C22H16F3N3O7/c23-22(24,25)35-12-1-2-16(15(29)8-12)34-17-10-19-18(32-5-6-33-19)9-13(17)21(31)28-11-3-4-27-14(7-11)20(26)30/h1-4,7-10,29H,5-6H2,(H2,26,30)(H,27,28,31). The first-order valence-corrected chi connectivity index (χ1v) is 9.86. The number of nitrogens with two attached hydrogens (primary N) is 1. The number of carbonyl (C=O) groups is 2. The van der Waals surface area contributed by atoms with Gasteiger partial charge in [-0.1, -0.05) is 0 Å². The van der Waals surface area contributed by atoms with Gasteiger partial charge in [0.25, 0.3) is 11.8 Å². The molecule has 0 aliphatic carbocycles. The van der Waals surface area contributed by atoms with Crippen molar-refractivity contribution in [3.8, 4) is 34.5 Å². The maximum Gasteiger partial charge on any atom is 0.573 e. The number of phenols is 1. The first-order chi connectivity index (χ1) is 16.6. The predicted molar refractivity (Wildman–Crippen MR) is 113 cm³/mol. The SMILES string of the molecule is NC(=O)c1cc(NC(=O)c2cc3c(cc2Oc2ccc(OC(F)(F)F)cc2O)OCCO3)ccn1. The van der Waals surface area contributed by atoms with Crippen LogP contribution in [0.25, 0.3) is 0 Å². The van der Waals surface area contributed by atoms with Crippen molar-refractivity contribution in [1.29, 1.82) is 0 Å². The predicted octanol–water partition coefficient (Wildman–Crippen LogP) is 3.60. The highest BCUT2D eigenvalue weighted by Gasteiger charge is 2.31. The van der Waals surface area contributed by atoms with Gasteiger partial charge >= 0.3 is 6.36 Å². The molecule has 0 unspecified atom stereocenters. The number of benzene rings is 2. The van der Waals surface area contributed by atoms with Gasteiger partial charge in [-0.05, 0) is 24.3 Å². The summed E-state index contributed by atoms with van der Waals surface area (Å²) in [6.07, 6.45) is -3.67. The van der Waals surface area contributed by atoms with E-state index in [1.165, 1.54) is 30.5 Å². The number of halogens is 3. The highest BCUT2D eigenvalue weighted by atomic mass is 19.4. The number of alkyl halides is 3. The third-order valence-electron chi connectivity index (χ3n) is 4.54. The Kier molecular flexibility index (Phi) is 6.23. The molecule has 0 atom stereocenters. The van der Waals surface area contributed by atoms with Crippen molar-refractivity contribution in [3.05, 3.63) is 59.9 Å². The van der Waals surface area contributed by atoms with E-state index in [1.807, 2.05) is 0 Å². The van der Waals surface area contributed by atoms with Gasteiger partial charge in [0.05, 0.1) is 5.56 Å². The molecule has 35 heavy (non-hydrogen) atoms. The second-order valence-corrected chi connectivity index (χ2v) is 7.02. The normalized spacial score (nSPS) is 12.5. The smallest absolute Gasteiger partial charge is 0.504 e. The fraction of sp³-hybridized carbons (Fsp3) is 0.136. The third kappa shape index (κ3) is 5.63. The Labute approximate surface area is 195 Å². The first kappa shape index (κ1) is 23.5. The molecule has 2 amide bonds. The number of primary amides is 1. The molecule has 0 saturated heterocycles. The van der Waals surface area contributed by atoms with E-state index < -0.39 is 29.7 Å². The van der Waals surface area contributed by atoms with Gasteiger partial charge in [-0.3, -0.25) is 14.6 Å². The van der Waals surface area contributed by atoms with Gasteiger partial charge < -0.3 is 35.1 Å². The van der Waals surface area contributed by atoms with Crippen molar-refractivity contribution < 1.29 is 46.8 Å². The molecule has 3 aromatic rings. The van der Waals surface area contributed by atoms with E-state index in [1.54, 1.807) is 0 Å². The van der Waals surface area contributed by atoms with Crippen LogP contribution in [-0.2, 0) is 0 Å². The van der Waals surface area contributed by atoms with E-state index in [0.29, 0.717) is 6.07 Å². The first-order valence-electron chi connectivity index (χ1n) is 9.86. The lowest BCUT2D eigenvalue weighted by Crippen LogP contribution is -2.18. The van der Waals surface area contributed by atoms with E-state index in [0.717, 1.165) is 12.1 Å². The van der Waals surface area contributed by atoms with Crippen molar-refractivity contribution in [2.75, 3.05) is 18.5 Å². The van der Waals surface area contributed by atoms with Gasteiger partial charge in [0.1, 0.15) is 30.4 Å². The van der Waals surface area contributed by atoms with E-state index in [4.69, 9.17) is 19.9 Å². The molecular formula is C22H16F3N3O7. The summed E-state index contributed by atoms with van der Waals surface area (Å²) in [4.78, 5) is 28.2. The molecule has 4 N–H and O–H groups in total. The minimum absolute atomic E-state index is 0.0679. The summed E-state index contributed by atoms with van der Waals surface area (Å²) in [5.74, 6) is -2.69. The number of aromatic nitrogens is 1. The summed E-state index contributed by atoms with van der Waals surface area (Å²) in [5.41, 5.74) is 5.27. The number of rotatable bonds is 6. The Morgan fingerprint density at radius 3 is 2.40 bits per heavy atom. The number of hydrogen-bond acceptors (Lipinski definition) is 8. The number of aromatic hydroxyl groups is 1. The molecule has 13 heteroatoms. The van der Waals surface area contributed by atoms with Crippen molar-refractivity contribution in [1.82, 2.24) is 4.98 Å². The molecule has 10 nitrogen and oxygen atoms in total. The zero-order valence-corrected chi connectivity index (χ0v) is 17.6. The minimum Gasteiger partial charge on any atom is -0.504 e. The van der Waals surface area contributed by atoms with Crippen molar-refractivity contribution in [2.24, 2.45) is 5.73 Å². The van der Waals surface area contributed by atoms with Crippen LogP contribution in [0.4, 0.5) is 18.9 Å². The number of pyridine rings is 1. The zero-order valence-electron chi connectivity index (χ0n) is 17.6. The molecule has 0 spiro atoms. The van der Waals surface area contributed by atoms with Crippen LogP contribution in [0.5, 0.6) is 34.5 Å². The Balaban J connectivity index is 1.66. The van der Waals surface area contributed by atoms with Crippen molar-refractivity contribution in [2.45, 2.75) is 6.36 Å². The summed E-state index contributed by atoms with van der Waals surface area (Å²) < 4.78 is 57.7. The molecule has 2 aromatic carbocycles. The highest BCUT2D eigenvalue weighted by Crippen LogP contribution is 2.41. The fourth-order valence-corrected chi connectivity index (χ4v) is 3.07. The second kappa shape index (κ2) is 9.29. The van der Waals surface area contributed by atoms with Crippen LogP contribution < -0.4 is 30.0 Å². The van der Waals surface area contributed by atoms with Gasteiger partial charge in [0.15, 0.2) is 23.0 Å². The molecule has 1 aromatic heterocycles. The number of anilines is 1. The van der Waals surface area contributed by atoms with E-state index in [9.17, 15) is 27.9 Å². The molecule has 2 heterocycles. The fourth-order valence-electron chi connectivity index (χ4n) is 3.07. The van der Waals surface area contributed by atoms with Crippen molar-refractivity contribution in [3.63, 3.8) is 0 Å². The number of hydrogen-bond donors (Lipinski definition) is 3. The number of fused-ring (bicyclic) bond motifs is 1. The van der Waals surface area contributed by atoms with Crippen LogP contribution in [0.15, 0.2) is 48.7 Å². The van der Waals surface area contributed by atoms with E-state index in [-0.39, 0.29) is 53.2 Å². The van der Waals surface area contributed by atoms with Gasteiger partial charge in [-0.25, -0.2) is 0 Å². The molecule has 4 rings (SSSR count). The zero-order chi connectivity index (χ0) is 25.2. The largest absolute Gasteiger partial charge is 0.573 e. The Morgan fingerprint density at radius 2 is 1.74 bits per heavy atom. The number of carbonyl (C=O) groups excluding carboxylic acids is 2. The van der Waals surface area contributed by atoms with E-state index in [2.05, 4.69) is 15.0 Å². The van der Waals surface area contributed by atoms with Gasteiger partial charge in [0, 0.05) is 30.1 Å². The Morgan fingerprint density at radius 1 is 1.03 bits per heavy atom. The topological polar surface area (TPSA) is 142 Å². The molecule has 0 bridgehead atoms. The average molecular weight is 491 g/mol. The summed E-state index contributed by atoms with van der Waals surface area (Å²) >= 11 is 0. The number of nitrogens with one attached hydrogen (secondary N) is 1. The maximum absolute atomic E-state index is 13.1. The van der Waals surface area contributed by atoms with Crippen LogP contribution >= 0.6 is 0 Å². The highest BCUT2D eigenvalue weighted by molar-refractivity contribution is 6.07. The third-order valence-corrected chi connectivity index (χ3v) is 4.54. The molecule has 0 radical (unpaired) electrons. The monoisotopic (exact) mass is 491 g/mol.